The van der Waals surface area contributed by atoms with Crippen LogP contribution in [0.25, 0.3) is 10.2 Å². The van der Waals surface area contributed by atoms with E-state index in [0.29, 0.717) is 5.92 Å². The number of aromatic nitrogens is 2. The molecule has 1 fully saturated rings. The fraction of sp³-hybridized carbons (Fsp3) is 0.500. The van der Waals surface area contributed by atoms with E-state index in [0.717, 1.165) is 61.6 Å². The third-order valence-electron chi connectivity index (χ3n) is 6.78. The van der Waals surface area contributed by atoms with Crippen LogP contribution in [0.5, 0.6) is 0 Å². The van der Waals surface area contributed by atoms with Gasteiger partial charge in [0.15, 0.2) is 0 Å². The molecule has 0 radical (unpaired) electrons. The summed E-state index contributed by atoms with van der Waals surface area (Å²) in [6, 6.07) is 10.8. The minimum absolute atomic E-state index is 0.0524. The van der Waals surface area contributed by atoms with Crippen LogP contribution in [0.2, 0.25) is 0 Å². The lowest BCUT2D eigenvalue weighted by atomic mass is 9.89. The molecule has 1 aromatic carbocycles. The van der Waals surface area contributed by atoms with Crippen LogP contribution in [0.4, 0.5) is 0 Å². The first kappa shape index (κ1) is 19.9. The van der Waals surface area contributed by atoms with Crippen molar-refractivity contribution >= 4 is 21.6 Å². The Bertz CT molecular complexity index is 1080. The van der Waals surface area contributed by atoms with Crippen molar-refractivity contribution in [1.82, 2.24) is 19.8 Å². The monoisotopic (exact) mass is 422 g/mol. The zero-order valence-electron chi connectivity index (χ0n) is 17.9. The molecule has 5 nitrogen and oxygen atoms in total. The molecule has 1 aliphatic heterocycles. The van der Waals surface area contributed by atoms with Crippen molar-refractivity contribution in [3.05, 3.63) is 62.5 Å². The van der Waals surface area contributed by atoms with E-state index in [1.807, 2.05) is 0 Å². The fourth-order valence-corrected chi connectivity index (χ4v) is 6.28. The van der Waals surface area contributed by atoms with Crippen molar-refractivity contribution in [2.75, 3.05) is 26.2 Å². The molecule has 2 atom stereocenters. The van der Waals surface area contributed by atoms with Crippen LogP contribution in [-0.2, 0) is 19.4 Å². The van der Waals surface area contributed by atoms with Gasteiger partial charge in [0.25, 0.3) is 5.56 Å². The molecule has 30 heavy (non-hydrogen) atoms. The predicted octanol–water partition coefficient (Wildman–Crippen LogP) is 3.99. The first-order valence-electron chi connectivity index (χ1n) is 11.1. The van der Waals surface area contributed by atoms with Gasteiger partial charge in [-0.25, -0.2) is 4.98 Å². The highest BCUT2D eigenvalue weighted by Crippen LogP contribution is 2.36. The summed E-state index contributed by atoms with van der Waals surface area (Å²) in [5, 5.41) is 0.852. The summed E-state index contributed by atoms with van der Waals surface area (Å²) in [4.78, 5) is 28.3. The van der Waals surface area contributed by atoms with E-state index in [4.69, 9.17) is 4.98 Å². The average molecular weight is 423 g/mol. The molecule has 3 heterocycles. The van der Waals surface area contributed by atoms with E-state index in [-0.39, 0.29) is 11.6 Å². The Kier molecular flexibility index (Phi) is 5.48. The Morgan fingerprint density at radius 3 is 2.73 bits per heavy atom. The normalized spacial score (nSPS) is 21.6. The first-order valence-corrected chi connectivity index (χ1v) is 11.9. The highest BCUT2D eigenvalue weighted by Gasteiger charge is 2.26. The second kappa shape index (κ2) is 8.25. The minimum Gasteiger partial charge on any atom is -0.309 e. The van der Waals surface area contributed by atoms with Crippen LogP contribution in [0.1, 0.15) is 48.1 Å². The zero-order valence-corrected chi connectivity index (χ0v) is 18.7. The maximum absolute atomic E-state index is 12.9. The Morgan fingerprint density at radius 1 is 1.20 bits per heavy atom. The summed E-state index contributed by atoms with van der Waals surface area (Å²) >= 11 is 1.74. The van der Waals surface area contributed by atoms with Crippen molar-refractivity contribution in [2.45, 2.75) is 45.7 Å². The van der Waals surface area contributed by atoms with E-state index < -0.39 is 0 Å². The third-order valence-corrected chi connectivity index (χ3v) is 7.93. The SMILES string of the molecule is C[C@H]1CCc2c(sc3nc([C@@H](C)N4CCN(Cc5ccccc5)CC4)[nH]c(=O)c23)C1. The van der Waals surface area contributed by atoms with Crippen LogP contribution in [0.15, 0.2) is 35.1 Å². The molecular formula is C24H30N4OS. The van der Waals surface area contributed by atoms with E-state index in [9.17, 15) is 4.79 Å². The number of nitrogens with one attached hydrogen (secondary N) is 1. The zero-order chi connectivity index (χ0) is 20.7. The number of benzene rings is 1. The van der Waals surface area contributed by atoms with E-state index in [2.05, 4.69) is 59.0 Å². The predicted molar refractivity (Wildman–Crippen MR) is 123 cm³/mol. The van der Waals surface area contributed by atoms with Gasteiger partial charge in [0.2, 0.25) is 0 Å². The molecule has 3 aromatic rings. The third kappa shape index (κ3) is 3.84. The Hall–Kier alpha value is -2.02. The summed E-state index contributed by atoms with van der Waals surface area (Å²) in [5.41, 5.74) is 2.68. The van der Waals surface area contributed by atoms with Crippen molar-refractivity contribution in [2.24, 2.45) is 5.92 Å². The first-order chi connectivity index (χ1) is 14.6. The van der Waals surface area contributed by atoms with Crippen LogP contribution in [0, 0.1) is 5.92 Å². The van der Waals surface area contributed by atoms with Crippen LogP contribution >= 0.6 is 11.3 Å². The lowest BCUT2D eigenvalue weighted by Crippen LogP contribution is -2.47. The number of aromatic amines is 1. The fourth-order valence-electron chi connectivity index (χ4n) is 4.89. The number of rotatable bonds is 4. The van der Waals surface area contributed by atoms with Gasteiger partial charge in [-0.15, -0.1) is 11.3 Å². The molecule has 2 aromatic heterocycles. The maximum atomic E-state index is 12.9. The number of aryl methyl sites for hydroxylation is 1. The summed E-state index contributed by atoms with van der Waals surface area (Å²) in [7, 11) is 0. The van der Waals surface area contributed by atoms with Crippen LogP contribution in [-0.4, -0.2) is 45.9 Å². The molecule has 0 bridgehead atoms. The second-order valence-electron chi connectivity index (χ2n) is 8.96. The lowest BCUT2D eigenvalue weighted by Gasteiger charge is -2.37. The number of fused-ring (bicyclic) bond motifs is 3. The molecule has 0 unspecified atom stereocenters. The highest BCUT2D eigenvalue weighted by molar-refractivity contribution is 7.18. The molecule has 158 valence electrons. The van der Waals surface area contributed by atoms with E-state index >= 15 is 0 Å². The lowest BCUT2D eigenvalue weighted by molar-refractivity contribution is 0.0948. The maximum Gasteiger partial charge on any atom is 0.259 e. The average Bonchev–Trinajstić information content (AvgIpc) is 3.12. The van der Waals surface area contributed by atoms with Gasteiger partial charge in [-0.1, -0.05) is 37.3 Å². The summed E-state index contributed by atoms with van der Waals surface area (Å²) in [5.74, 6) is 1.52. The number of hydrogen-bond donors (Lipinski definition) is 1. The molecule has 6 heteroatoms. The molecule has 0 amide bonds. The molecule has 1 saturated heterocycles. The highest BCUT2D eigenvalue weighted by atomic mass is 32.1. The Labute approximate surface area is 181 Å². The summed E-state index contributed by atoms with van der Waals surface area (Å²) < 4.78 is 0. The summed E-state index contributed by atoms with van der Waals surface area (Å²) in [6.45, 7) is 9.54. The number of nitrogens with zero attached hydrogens (tertiary/aromatic N) is 3. The molecule has 1 N–H and O–H groups in total. The number of thiophene rings is 1. The van der Waals surface area contributed by atoms with Gasteiger partial charge >= 0.3 is 0 Å². The molecule has 5 rings (SSSR count). The molecule has 2 aliphatic rings. The van der Waals surface area contributed by atoms with E-state index in [1.54, 1.807) is 11.3 Å². The summed E-state index contributed by atoms with van der Waals surface area (Å²) in [6.07, 6.45) is 3.27. The number of H-pyrrole nitrogens is 1. The van der Waals surface area contributed by atoms with Gasteiger partial charge in [0, 0.05) is 37.6 Å². The molecular weight excluding hydrogens is 392 g/mol. The van der Waals surface area contributed by atoms with Gasteiger partial charge < -0.3 is 4.98 Å². The van der Waals surface area contributed by atoms with Gasteiger partial charge in [-0.3, -0.25) is 14.6 Å². The molecule has 1 aliphatic carbocycles. The van der Waals surface area contributed by atoms with Crippen molar-refractivity contribution < 1.29 is 0 Å². The van der Waals surface area contributed by atoms with Gasteiger partial charge in [-0.2, -0.15) is 0 Å². The van der Waals surface area contributed by atoms with Gasteiger partial charge in [0.05, 0.1) is 11.4 Å². The number of hydrogen-bond acceptors (Lipinski definition) is 5. The largest absolute Gasteiger partial charge is 0.309 e. The number of piperazine rings is 1. The van der Waals surface area contributed by atoms with Crippen molar-refractivity contribution in [1.29, 1.82) is 0 Å². The van der Waals surface area contributed by atoms with Crippen LogP contribution in [0.3, 0.4) is 0 Å². The quantitative estimate of drug-likeness (QED) is 0.691. The second-order valence-corrected chi connectivity index (χ2v) is 10.0. The topological polar surface area (TPSA) is 52.2 Å². The van der Waals surface area contributed by atoms with Gasteiger partial charge in [0.1, 0.15) is 10.7 Å². The Morgan fingerprint density at radius 2 is 1.97 bits per heavy atom. The molecule has 0 saturated carbocycles. The van der Waals surface area contributed by atoms with Crippen molar-refractivity contribution in [3.63, 3.8) is 0 Å². The van der Waals surface area contributed by atoms with E-state index in [1.165, 1.54) is 22.4 Å². The Balaban J connectivity index is 1.30. The standard InChI is InChI=1S/C24H30N4OS/c1-16-8-9-19-20(14-16)30-24-21(19)23(29)25-22(26-24)17(2)28-12-10-27(11-13-28)15-18-6-4-3-5-7-18/h3-7,16-17H,8-15H2,1-2H3,(H,25,26,29)/t16-,17+/m0/s1. The van der Waals surface area contributed by atoms with Gasteiger partial charge in [-0.05, 0) is 43.2 Å². The van der Waals surface area contributed by atoms with Crippen LogP contribution < -0.4 is 5.56 Å². The smallest absolute Gasteiger partial charge is 0.259 e. The van der Waals surface area contributed by atoms with Crippen molar-refractivity contribution in [3.8, 4) is 0 Å². The minimum atomic E-state index is 0.0524. The molecule has 0 spiro atoms.